The van der Waals surface area contributed by atoms with E-state index in [0.29, 0.717) is 18.8 Å². The summed E-state index contributed by atoms with van der Waals surface area (Å²) in [7, 11) is 3.63. The van der Waals surface area contributed by atoms with Gasteiger partial charge in [-0.05, 0) is 6.42 Å². The molecule has 2 aliphatic rings. The average molecular weight is 344 g/mol. The number of methoxy groups -OCH3 is 1. The number of aromatic amines is 1. The maximum atomic E-state index is 13.0. The number of nitrogens with zero attached hydrogens (tertiary/aromatic N) is 5. The summed E-state index contributed by atoms with van der Waals surface area (Å²) in [6, 6.07) is 0. The van der Waals surface area contributed by atoms with E-state index in [4.69, 9.17) is 4.74 Å². The fourth-order valence-electron chi connectivity index (χ4n) is 3.75. The molecule has 1 atom stereocenters. The Kier molecular flexibility index (Phi) is 4.30. The normalized spacial score (nSPS) is 20.9. The molecule has 1 saturated heterocycles. The fourth-order valence-corrected chi connectivity index (χ4v) is 3.75. The van der Waals surface area contributed by atoms with E-state index in [9.17, 15) is 4.79 Å². The molecule has 25 heavy (non-hydrogen) atoms. The van der Waals surface area contributed by atoms with Crippen LogP contribution in [0.15, 0.2) is 12.4 Å². The lowest BCUT2D eigenvalue weighted by molar-refractivity contribution is 0.0725. The Labute approximate surface area is 146 Å². The molecule has 0 aromatic carbocycles. The van der Waals surface area contributed by atoms with E-state index in [1.165, 1.54) is 0 Å². The van der Waals surface area contributed by atoms with Gasteiger partial charge in [-0.1, -0.05) is 0 Å². The first-order valence-electron chi connectivity index (χ1n) is 8.72. The van der Waals surface area contributed by atoms with Crippen molar-refractivity contribution >= 4 is 5.91 Å². The van der Waals surface area contributed by atoms with Gasteiger partial charge in [0.05, 0.1) is 12.3 Å². The van der Waals surface area contributed by atoms with Crippen molar-refractivity contribution in [2.75, 3.05) is 26.7 Å². The molecule has 1 fully saturated rings. The molecule has 4 rings (SSSR count). The van der Waals surface area contributed by atoms with Gasteiger partial charge in [-0.15, -0.1) is 0 Å². The molecule has 1 unspecified atom stereocenters. The topological polar surface area (TPSA) is 79.3 Å². The Morgan fingerprint density at radius 1 is 1.44 bits per heavy atom. The quantitative estimate of drug-likeness (QED) is 0.877. The van der Waals surface area contributed by atoms with Gasteiger partial charge < -0.3 is 9.64 Å². The monoisotopic (exact) mass is 344 g/mol. The third kappa shape index (κ3) is 3.19. The zero-order valence-corrected chi connectivity index (χ0v) is 14.7. The zero-order chi connectivity index (χ0) is 17.4. The molecule has 2 aromatic heterocycles. The average Bonchev–Trinajstić information content (AvgIpc) is 3.33. The SMILES string of the molecule is COC1CCN(Cc2cn(C)nc2C(=O)N2CCc3[nH]ncc3C2)C1. The maximum absolute atomic E-state index is 13.0. The van der Waals surface area contributed by atoms with Crippen molar-refractivity contribution in [1.29, 1.82) is 0 Å². The van der Waals surface area contributed by atoms with E-state index in [2.05, 4.69) is 20.2 Å². The number of carbonyl (C=O) groups is 1. The number of rotatable bonds is 4. The number of fused-ring (bicyclic) bond motifs is 1. The number of aromatic nitrogens is 4. The Balaban J connectivity index is 1.50. The first kappa shape index (κ1) is 16.3. The first-order chi connectivity index (χ1) is 12.1. The molecule has 8 heteroatoms. The van der Waals surface area contributed by atoms with Gasteiger partial charge in [0.25, 0.3) is 5.91 Å². The lowest BCUT2D eigenvalue weighted by atomic mass is 10.1. The molecular formula is C17H24N6O2. The van der Waals surface area contributed by atoms with Gasteiger partial charge in [-0.3, -0.25) is 19.5 Å². The van der Waals surface area contributed by atoms with Crippen LogP contribution in [-0.4, -0.2) is 68.5 Å². The molecule has 4 heterocycles. The number of likely N-dealkylation sites (tertiary alicyclic amines) is 1. The Morgan fingerprint density at radius 2 is 2.32 bits per heavy atom. The predicted octanol–water partition coefficient (Wildman–Crippen LogP) is 0.562. The van der Waals surface area contributed by atoms with E-state index in [-0.39, 0.29) is 12.0 Å². The van der Waals surface area contributed by atoms with Crippen LogP contribution in [0.25, 0.3) is 0 Å². The van der Waals surface area contributed by atoms with Gasteiger partial charge >= 0.3 is 0 Å². The van der Waals surface area contributed by atoms with E-state index in [0.717, 1.165) is 49.3 Å². The van der Waals surface area contributed by atoms with E-state index < -0.39 is 0 Å². The minimum Gasteiger partial charge on any atom is -0.380 e. The molecule has 2 aromatic rings. The second kappa shape index (κ2) is 6.61. The molecule has 0 spiro atoms. The van der Waals surface area contributed by atoms with Crippen molar-refractivity contribution in [3.63, 3.8) is 0 Å². The number of amides is 1. The smallest absolute Gasteiger partial charge is 0.275 e. The van der Waals surface area contributed by atoms with Gasteiger partial charge in [0.2, 0.25) is 0 Å². The van der Waals surface area contributed by atoms with Crippen molar-refractivity contribution in [2.24, 2.45) is 7.05 Å². The minimum atomic E-state index is 0.00457. The van der Waals surface area contributed by atoms with E-state index in [1.54, 1.807) is 11.8 Å². The standard InChI is InChI=1S/C17H24N6O2/c1-21-8-13(9-22-5-3-14(11-22)25-2)16(20-21)17(24)23-6-4-15-12(10-23)7-18-19-15/h7-8,14H,3-6,9-11H2,1-2H3,(H,18,19). The fraction of sp³-hybridized carbons (Fsp3) is 0.588. The number of carbonyl (C=O) groups excluding carboxylic acids is 1. The maximum Gasteiger partial charge on any atom is 0.275 e. The first-order valence-corrected chi connectivity index (χ1v) is 8.72. The Hall–Kier alpha value is -2.19. The number of ether oxygens (including phenoxy) is 1. The number of hydrogen-bond acceptors (Lipinski definition) is 5. The molecule has 8 nitrogen and oxygen atoms in total. The van der Waals surface area contributed by atoms with Crippen molar-refractivity contribution in [2.45, 2.75) is 32.0 Å². The second-order valence-corrected chi connectivity index (χ2v) is 6.91. The van der Waals surface area contributed by atoms with Crippen LogP contribution in [0, 0.1) is 0 Å². The van der Waals surface area contributed by atoms with Gasteiger partial charge in [-0.2, -0.15) is 10.2 Å². The number of aryl methyl sites for hydroxylation is 1. The molecular weight excluding hydrogens is 320 g/mol. The molecule has 1 amide bonds. The van der Waals surface area contributed by atoms with Crippen LogP contribution in [0.5, 0.6) is 0 Å². The Bertz CT molecular complexity index is 767. The van der Waals surface area contributed by atoms with E-state index >= 15 is 0 Å². The summed E-state index contributed by atoms with van der Waals surface area (Å²) in [6.45, 7) is 3.92. The van der Waals surface area contributed by atoms with Crippen LogP contribution in [-0.2, 0) is 31.3 Å². The number of H-pyrrole nitrogens is 1. The predicted molar refractivity (Wildman–Crippen MR) is 90.9 cm³/mol. The van der Waals surface area contributed by atoms with E-state index in [1.807, 2.05) is 24.3 Å². The summed E-state index contributed by atoms with van der Waals surface area (Å²) in [5.74, 6) is 0.00457. The summed E-state index contributed by atoms with van der Waals surface area (Å²) in [4.78, 5) is 17.2. The molecule has 134 valence electrons. The molecule has 0 aliphatic carbocycles. The summed E-state index contributed by atoms with van der Waals surface area (Å²) >= 11 is 0. The lowest BCUT2D eigenvalue weighted by Crippen LogP contribution is -2.36. The number of nitrogens with one attached hydrogen (secondary N) is 1. The van der Waals surface area contributed by atoms with Crippen molar-refractivity contribution < 1.29 is 9.53 Å². The van der Waals surface area contributed by atoms with Crippen molar-refractivity contribution in [3.8, 4) is 0 Å². The van der Waals surface area contributed by atoms with Crippen LogP contribution in [0.4, 0.5) is 0 Å². The molecule has 0 saturated carbocycles. The molecule has 0 bridgehead atoms. The van der Waals surface area contributed by atoms with Crippen LogP contribution in [0.1, 0.15) is 33.7 Å². The highest BCUT2D eigenvalue weighted by Crippen LogP contribution is 2.21. The highest BCUT2D eigenvalue weighted by molar-refractivity contribution is 5.93. The summed E-state index contributed by atoms with van der Waals surface area (Å²) in [6.07, 6.45) is 5.90. The summed E-state index contributed by atoms with van der Waals surface area (Å²) < 4.78 is 7.17. The largest absolute Gasteiger partial charge is 0.380 e. The van der Waals surface area contributed by atoms with Gasteiger partial charge in [-0.25, -0.2) is 0 Å². The summed E-state index contributed by atoms with van der Waals surface area (Å²) in [5.41, 5.74) is 3.78. The van der Waals surface area contributed by atoms with Crippen LogP contribution < -0.4 is 0 Å². The second-order valence-electron chi connectivity index (χ2n) is 6.91. The molecule has 2 aliphatic heterocycles. The zero-order valence-electron chi connectivity index (χ0n) is 14.7. The van der Waals surface area contributed by atoms with Gasteiger partial charge in [0.1, 0.15) is 0 Å². The van der Waals surface area contributed by atoms with Crippen LogP contribution >= 0.6 is 0 Å². The Morgan fingerprint density at radius 3 is 3.12 bits per heavy atom. The minimum absolute atomic E-state index is 0.00457. The lowest BCUT2D eigenvalue weighted by Gasteiger charge is -2.26. The van der Waals surface area contributed by atoms with Crippen molar-refractivity contribution in [3.05, 3.63) is 34.9 Å². The number of hydrogen-bond donors (Lipinski definition) is 1. The van der Waals surface area contributed by atoms with Crippen molar-refractivity contribution in [1.82, 2.24) is 29.8 Å². The summed E-state index contributed by atoms with van der Waals surface area (Å²) in [5, 5.41) is 11.5. The molecule has 0 radical (unpaired) electrons. The van der Waals surface area contributed by atoms with Gasteiger partial charge in [0, 0.05) is 76.3 Å². The van der Waals surface area contributed by atoms with Gasteiger partial charge in [0.15, 0.2) is 5.69 Å². The third-order valence-corrected chi connectivity index (χ3v) is 5.15. The highest BCUT2D eigenvalue weighted by Gasteiger charge is 2.29. The molecule has 1 N–H and O–H groups in total. The van der Waals surface area contributed by atoms with Crippen LogP contribution in [0.2, 0.25) is 0 Å². The van der Waals surface area contributed by atoms with Crippen LogP contribution in [0.3, 0.4) is 0 Å². The highest BCUT2D eigenvalue weighted by atomic mass is 16.5. The third-order valence-electron chi connectivity index (χ3n) is 5.15.